The third kappa shape index (κ3) is 6.58. The van der Waals surface area contributed by atoms with E-state index < -0.39 is 13.0 Å². The van der Waals surface area contributed by atoms with Gasteiger partial charge in [0.2, 0.25) is 0 Å². The van der Waals surface area contributed by atoms with Gasteiger partial charge >= 0.3 is 0 Å². The number of rotatable bonds is 6. The fourth-order valence-corrected chi connectivity index (χ4v) is 1.91. The number of hydrogen-bond acceptors (Lipinski definition) is 3. The maximum Gasteiger partial charge on any atom is 0.261 e. The standard InChI is InChI=1S/C10H20F2N2O.ClH/c11-10(12)8-15-5-4-14-3-1-2-9(6-13)7-14;/h9-10H,1-8,13H2;1H. The first kappa shape index (κ1) is 16.0. The van der Waals surface area contributed by atoms with Crippen LogP contribution in [-0.2, 0) is 4.74 Å². The Morgan fingerprint density at radius 1 is 1.44 bits per heavy atom. The summed E-state index contributed by atoms with van der Waals surface area (Å²) in [5, 5.41) is 0. The van der Waals surface area contributed by atoms with Crippen molar-refractivity contribution in [3.05, 3.63) is 0 Å². The number of hydrogen-bond donors (Lipinski definition) is 1. The molecule has 6 heteroatoms. The molecule has 0 bridgehead atoms. The maximum atomic E-state index is 11.8. The molecule has 1 aliphatic heterocycles. The number of piperidine rings is 1. The molecular weight excluding hydrogens is 238 g/mol. The molecular formula is C10H21ClF2N2O. The van der Waals surface area contributed by atoms with Crippen LogP contribution in [0.3, 0.4) is 0 Å². The summed E-state index contributed by atoms with van der Waals surface area (Å²) in [6.45, 7) is 3.41. The Morgan fingerprint density at radius 2 is 2.19 bits per heavy atom. The molecule has 0 spiro atoms. The summed E-state index contributed by atoms with van der Waals surface area (Å²) in [7, 11) is 0. The van der Waals surface area contributed by atoms with Crippen LogP contribution < -0.4 is 5.73 Å². The van der Waals surface area contributed by atoms with Gasteiger partial charge in [-0.2, -0.15) is 0 Å². The van der Waals surface area contributed by atoms with Gasteiger partial charge in [0.1, 0.15) is 6.61 Å². The normalized spacial score (nSPS) is 22.1. The minimum Gasteiger partial charge on any atom is -0.374 e. The van der Waals surface area contributed by atoms with E-state index in [1.54, 1.807) is 0 Å². The predicted octanol–water partition coefficient (Wildman–Crippen LogP) is 1.36. The molecule has 0 aliphatic carbocycles. The van der Waals surface area contributed by atoms with Crippen molar-refractivity contribution in [2.75, 3.05) is 39.4 Å². The highest BCUT2D eigenvalue weighted by Gasteiger charge is 2.18. The van der Waals surface area contributed by atoms with Crippen molar-refractivity contribution in [3.8, 4) is 0 Å². The summed E-state index contributed by atoms with van der Waals surface area (Å²) < 4.78 is 28.4. The minimum absolute atomic E-state index is 0. The van der Waals surface area contributed by atoms with E-state index in [1.807, 2.05) is 0 Å². The number of likely N-dealkylation sites (tertiary alicyclic amines) is 1. The van der Waals surface area contributed by atoms with Gasteiger partial charge in [-0.3, -0.25) is 0 Å². The van der Waals surface area contributed by atoms with Gasteiger partial charge in [-0.05, 0) is 31.8 Å². The largest absolute Gasteiger partial charge is 0.374 e. The topological polar surface area (TPSA) is 38.5 Å². The Bertz CT molecular complexity index is 175. The summed E-state index contributed by atoms with van der Waals surface area (Å²) in [6.07, 6.45) is -0.0233. The van der Waals surface area contributed by atoms with Crippen LogP contribution in [0.15, 0.2) is 0 Å². The van der Waals surface area contributed by atoms with Crippen LogP contribution in [0.1, 0.15) is 12.8 Å². The van der Waals surface area contributed by atoms with Crippen LogP contribution in [0.5, 0.6) is 0 Å². The number of nitrogens with zero attached hydrogens (tertiary/aromatic N) is 1. The second-order valence-electron chi connectivity index (χ2n) is 4.01. The Balaban J connectivity index is 0.00000225. The van der Waals surface area contributed by atoms with Gasteiger partial charge in [-0.15, -0.1) is 12.4 Å². The number of ether oxygens (including phenoxy) is 1. The van der Waals surface area contributed by atoms with Gasteiger partial charge in [0.05, 0.1) is 6.61 Å². The van der Waals surface area contributed by atoms with E-state index in [2.05, 4.69) is 4.90 Å². The molecule has 0 radical (unpaired) electrons. The quantitative estimate of drug-likeness (QED) is 0.732. The fourth-order valence-electron chi connectivity index (χ4n) is 1.91. The molecule has 0 aromatic rings. The molecule has 1 unspecified atom stereocenters. The van der Waals surface area contributed by atoms with E-state index in [-0.39, 0.29) is 12.4 Å². The first-order valence-electron chi connectivity index (χ1n) is 5.50. The zero-order chi connectivity index (χ0) is 11.1. The summed E-state index contributed by atoms with van der Waals surface area (Å²) in [5.41, 5.74) is 5.60. The van der Waals surface area contributed by atoms with E-state index in [9.17, 15) is 8.78 Å². The van der Waals surface area contributed by atoms with Crippen LogP contribution in [0.4, 0.5) is 8.78 Å². The molecule has 0 amide bonds. The van der Waals surface area contributed by atoms with Gasteiger partial charge in [-0.1, -0.05) is 0 Å². The van der Waals surface area contributed by atoms with Gasteiger partial charge in [0.15, 0.2) is 0 Å². The highest BCUT2D eigenvalue weighted by atomic mass is 35.5. The van der Waals surface area contributed by atoms with Gasteiger partial charge in [0, 0.05) is 13.1 Å². The van der Waals surface area contributed by atoms with Crippen molar-refractivity contribution in [2.24, 2.45) is 11.7 Å². The maximum absolute atomic E-state index is 11.8. The third-order valence-corrected chi connectivity index (χ3v) is 2.73. The van der Waals surface area contributed by atoms with Crippen molar-refractivity contribution < 1.29 is 13.5 Å². The highest BCUT2D eigenvalue weighted by Crippen LogP contribution is 2.14. The van der Waals surface area contributed by atoms with Crippen molar-refractivity contribution in [1.82, 2.24) is 4.90 Å². The molecule has 1 rings (SSSR count). The first-order chi connectivity index (χ1) is 7.22. The van der Waals surface area contributed by atoms with E-state index in [0.717, 1.165) is 26.1 Å². The number of alkyl halides is 2. The zero-order valence-electron chi connectivity index (χ0n) is 9.41. The Labute approximate surface area is 102 Å². The molecule has 1 saturated heterocycles. The van der Waals surface area contributed by atoms with Crippen molar-refractivity contribution in [1.29, 1.82) is 0 Å². The van der Waals surface area contributed by atoms with E-state index in [4.69, 9.17) is 10.5 Å². The molecule has 1 fully saturated rings. The molecule has 0 aromatic carbocycles. The molecule has 98 valence electrons. The third-order valence-electron chi connectivity index (χ3n) is 2.73. The lowest BCUT2D eigenvalue weighted by atomic mass is 9.98. The van der Waals surface area contributed by atoms with E-state index in [1.165, 1.54) is 6.42 Å². The zero-order valence-corrected chi connectivity index (χ0v) is 10.2. The molecule has 1 heterocycles. The van der Waals surface area contributed by atoms with Crippen LogP contribution in [0.25, 0.3) is 0 Å². The number of nitrogens with two attached hydrogens (primary N) is 1. The van der Waals surface area contributed by atoms with Gasteiger partial charge < -0.3 is 15.4 Å². The summed E-state index contributed by atoms with van der Waals surface area (Å²) in [6, 6.07) is 0. The molecule has 16 heavy (non-hydrogen) atoms. The lowest BCUT2D eigenvalue weighted by molar-refractivity contribution is 0.00639. The van der Waals surface area contributed by atoms with E-state index >= 15 is 0 Å². The highest BCUT2D eigenvalue weighted by molar-refractivity contribution is 5.85. The van der Waals surface area contributed by atoms with Crippen LogP contribution in [0.2, 0.25) is 0 Å². The molecule has 3 nitrogen and oxygen atoms in total. The van der Waals surface area contributed by atoms with Crippen LogP contribution in [-0.4, -0.2) is 50.7 Å². The molecule has 2 N–H and O–H groups in total. The minimum atomic E-state index is -2.36. The predicted molar refractivity (Wildman–Crippen MR) is 62.3 cm³/mol. The molecule has 0 aromatic heterocycles. The Hall–Kier alpha value is 0.0300. The second-order valence-corrected chi connectivity index (χ2v) is 4.01. The van der Waals surface area contributed by atoms with Crippen molar-refractivity contribution in [2.45, 2.75) is 19.3 Å². The van der Waals surface area contributed by atoms with Crippen LogP contribution >= 0.6 is 12.4 Å². The molecule has 1 atom stereocenters. The number of halogens is 3. The average Bonchev–Trinajstić information content (AvgIpc) is 2.24. The summed E-state index contributed by atoms with van der Waals surface area (Å²) in [4.78, 5) is 2.24. The molecule has 1 aliphatic rings. The fraction of sp³-hybridized carbons (Fsp3) is 1.00. The van der Waals surface area contributed by atoms with Gasteiger partial charge in [0.25, 0.3) is 6.43 Å². The lowest BCUT2D eigenvalue weighted by Gasteiger charge is -2.31. The van der Waals surface area contributed by atoms with Crippen LogP contribution in [0, 0.1) is 5.92 Å². The lowest BCUT2D eigenvalue weighted by Crippen LogP contribution is -2.40. The van der Waals surface area contributed by atoms with Gasteiger partial charge in [-0.25, -0.2) is 8.78 Å². The SMILES string of the molecule is Cl.NCC1CCCN(CCOCC(F)F)C1. The first-order valence-corrected chi connectivity index (χ1v) is 5.50. The smallest absolute Gasteiger partial charge is 0.261 e. The summed E-state index contributed by atoms with van der Waals surface area (Å²) in [5.74, 6) is 0.564. The monoisotopic (exact) mass is 258 g/mol. The average molecular weight is 259 g/mol. The van der Waals surface area contributed by atoms with Crippen molar-refractivity contribution >= 4 is 12.4 Å². The summed E-state index contributed by atoms with van der Waals surface area (Å²) >= 11 is 0. The second kappa shape index (κ2) is 9.10. The Morgan fingerprint density at radius 3 is 2.81 bits per heavy atom. The Kier molecular flexibility index (Phi) is 9.12. The molecule has 0 saturated carbocycles. The van der Waals surface area contributed by atoms with E-state index in [0.29, 0.717) is 19.1 Å². The van der Waals surface area contributed by atoms with Crippen molar-refractivity contribution in [3.63, 3.8) is 0 Å².